The fourth-order valence-electron chi connectivity index (χ4n) is 3.91. The van der Waals surface area contributed by atoms with Gasteiger partial charge in [0, 0.05) is 33.3 Å². The molecule has 0 aliphatic carbocycles. The predicted molar refractivity (Wildman–Crippen MR) is 132 cm³/mol. The number of aromatic amines is 1. The number of aromatic nitrogens is 4. The van der Waals surface area contributed by atoms with Crippen molar-refractivity contribution in [3.8, 4) is 11.4 Å². The van der Waals surface area contributed by atoms with Crippen molar-refractivity contribution in [1.82, 2.24) is 20.2 Å². The molecule has 8 nitrogen and oxygen atoms in total. The number of rotatable bonds is 6. The van der Waals surface area contributed by atoms with Crippen LogP contribution in [0.4, 0.5) is 17.2 Å². The molecule has 1 atom stereocenters. The van der Waals surface area contributed by atoms with E-state index in [1.165, 1.54) is 12.5 Å². The molecule has 3 heterocycles. The lowest BCUT2D eigenvalue weighted by molar-refractivity contribution is 0.207. The van der Waals surface area contributed by atoms with Gasteiger partial charge in [-0.25, -0.2) is 9.97 Å². The minimum Gasteiger partial charge on any atom is -0.472 e. The van der Waals surface area contributed by atoms with E-state index in [0.717, 1.165) is 33.1 Å². The molecule has 0 saturated carbocycles. The van der Waals surface area contributed by atoms with Crippen LogP contribution in [0.1, 0.15) is 11.8 Å². The molecule has 0 spiro atoms. The summed E-state index contributed by atoms with van der Waals surface area (Å²) >= 11 is 0. The SMILES string of the molecule is OC(Nc1ccccc1-c1nc(Nc2ccc3[nH]ncc3c2)c2ccccc2n1)c1ccoc1. The lowest BCUT2D eigenvalue weighted by Crippen LogP contribution is -2.10. The second-order valence-corrected chi connectivity index (χ2v) is 7.86. The number of H-pyrrole nitrogens is 1. The molecule has 0 fully saturated rings. The Morgan fingerprint density at radius 1 is 0.941 bits per heavy atom. The number of nitrogens with zero attached hydrogens (tertiary/aromatic N) is 3. The van der Waals surface area contributed by atoms with Gasteiger partial charge in [0.1, 0.15) is 5.82 Å². The standard InChI is InChI=1S/C26H20N6O2/c33-26(16-11-12-34-15-16)30-23-8-4-2-6-20(23)25-29-22-7-3-1-5-19(22)24(31-25)28-18-9-10-21-17(13-18)14-27-32-21/h1-15,26,30,33H,(H,27,32)(H,28,29,31). The van der Waals surface area contributed by atoms with Gasteiger partial charge < -0.3 is 20.2 Å². The first-order valence-corrected chi connectivity index (χ1v) is 10.8. The molecule has 0 saturated heterocycles. The Kier molecular flexibility index (Phi) is 4.90. The molecule has 6 rings (SSSR count). The van der Waals surface area contributed by atoms with Crippen LogP contribution in [0.5, 0.6) is 0 Å². The Labute approximate surface area is 194 Å². The van der Waals surface area contributed by atoms with Gasteiger partial charge in [-0.1, -0.05) is 24.3 Å². The van der Waals surface area contributed by atoms with E-state index in [1.807, 2.05) is 66.7 Å². The zero-order chi connectivity index (χ0) is 22.9. The summed E-state index contributed by atoms with van der Waals surface area (Å²) in [5.41, 5.74) is 4.78. The van der Waals surface area contributed by atoms with Crippen LogP contribution in [0, 0.1) is 0 Å². The maximum absolute atomic E-state index is 10.6. The summed E-state index contributed by atoms with van der Waals surface area (Å²) in [6.07, 6.45) is 3.89. The number of anilines is 3. The number of benzene rings is 3. The highest BCUT2D eigenvalue weighted by atomic mass is 16.3. The number of aliphatic hydroxyl groups is 1. The van der Waals surface area contributed by atoms with Crippen molar-refractivity contribution in [3.63, 3.8) is 0 Å². The quantitative estimate of drug-likeness (QED) is 0.245. The third-order valence-electron chi connectivity index (χ3n) is 5.63. The van der Waals surface area contributed by atoms with E-state index in [2.05, 4.69) is 20.8 Å². The number of furan rings is 1. The van der Waals surface area contributed by atoms with Crippen molar-refractivity contribution in [3.05, 3.63) is 97.1 Å². The van der Waals surface area contributed by atoms with Crippen LogP contribution in [-0.4, -0.2) is 25.3 Å². The van der Waals surface area contributed by atoms with Crippen molar-refractivity contribution in [1.29, 1.82) is 0 Å². The largest absolute Gasteiger partial charge is 0.472 e. The van der Waals surface area contributed by atoms with Crippen molar-refractivity contribution in [2.24, 2.45) is 0 Å². The van der Waals surface area contributed by atoms with E-state index >= 15 is 0 Å². The van der Waals surface area contributed by atoms with Crippen molar-refractivity contribution in [2.75, 3.05) is 10.6 Å². The molecule has 166 valence electrons. The van der Waals surface area contributed by atoms with Gasteiger partial charge in [-0.3, -0.25) is 5.10 Å². The fourth-order valence-corrected chi connectivity index (χ4v) is 3.91. The first-order chi connectivity index (χ1) is 16.7. The molecule has 4 N–H and O–H groups in total. The number of hydrogen-bond acceptors (Lipinski definition) is 7. The number of nitrogens with one attached hydrogen (secondary N) is 3. The van der Waals surface area contributed by atoms with Gasteiger partial charge in [-0.05, 0) is 48.5 Å². The number of para-hydroxylation sites is 2. The van der Waals surface area contributed by atoms with Gasteiger partial charge in [-0.15, -0.1) is 0 Å². The third kappa shape index (κ3) is 3.72. The number of hydrogen-bond donors (Lipinski definition) is 4. The Balaban J connectivity index is 1.42. The molecule has 34 heavy (non-hydrogen) atoms. The fraction of sp³-hybridized carbons (Fsp3) is 0.0385. The highest BCUT2D eigenvalue weighted by Crippen LogP contribution is 2.32. The maximum atomic E-state index is 10.6. The summed E-state index contributed by atoms with van der Waals surface area (Å²) in [5, 5.41) is 26.1. The zero-order valence-electron chi connectivity index (χ0n) is 17.9. The van der Waals surface area contributed by atoms with Gasteiger partial charge >= 0.3 is 0 Å². The topological polar surface area (TPSA) is 112 Å². The Morgan fingerprint density at radius 2 is 1.82 bits per heavy atom. The average Bonchev–Trinajstić information content (AvgIpc) is 3.56. The van der Waals surface area contributed by atoms with Gasteiger partial charge in [0.15, 0.2) is 12.1 Å². The van der Waals surface area contributed by atoms with E-state index in [4.69, 9.17) is 14.4 Å². The minimum atomic E-state index is -0.931. The molecule has 0 aliphatic rings. The molecule has 3 aromatic carbocycles. The van der Waals surface area contributed by atoms with Crippen LogP contribution >= 0.6 is 0 Å². The van der Waals surface area contributed by atoms with Crippen molar-refractivity contribution < 1.29 is 9.52 Å². The van der Waals surface area contributed by atoms with E-state index in [1.54, 1.807) is 12.3 Å². The molecular formula is C26H20N6O2. The normalized spacial score (nSPS) is 12.1. The number of aliphatic hydroxyl groups excluding tert-OH is 1. The molecule has 0 bridgehead atoms. The summed E-state index contributed by atoms with van der Waals surface area (Å²) in [4.78, 5) is 9.69. The van der Waals surface area contributed by atoms with E-state index in [0.29, 0.717) is 22.9 Å². The highest BCUT2D eigenvalue weighted by molar-refractivity contribution is 5.94. The third-order valence-corrected chi connectivity index (χ3v) is 5.63. The summed E-state index contributed by atoms with van der Waals surface area (Å²) in [5.74, 6) is 1.22. The van der Waals surface area contributed by atoms with E-state index in [9.17, 15) is 5.11 Å². The monoisotopic (exact) mass is 448 g/mol. The Hall–Kier alpha value is -4.69. The van der Waals surface area contributed by atoms with Crippen molar-refractivity contribution in [2.45, 2.75) is 6.23 Å². The van der Waals surface area contributed by atoms with E-state index < -0.39 is 6.23 Å². The Morgan fingerprint density at radius 3 is 2.74 bits per heavy atom. The smallest absolute Gasteiger partial charge is 0.164 e. The van der Waals surface area contributed by atoms with Crippen LogP contribution in [-0.2, 0) is 0 Å². The van der Waals surface area contributed by atoms with Crippen LogP contribution in [0.15, 0.2) is 95.9 Å². The lowest BCUT2D eigenvalue weighted by atomic mass is 10.1. The van der Waals surface area contributed by atoms with Crippen LogP contribution in [0.25, 0.3) is 33.2 Å². The highest BCUT2D eigenvalue weighted by Gasteiger charge is 2.16. The van der Waals surface area contributed by atoms with Crippen LogP contribution in [0.3, 0.4) is 0 Å². The molecule has 1 unspecified atom stereocenters. The molecule has 0 radical (unpaired) electrons. The summed E-state index contributed by atoms with van der Waals surface area (Å²) in [6, 6.07) is 23.2. The molecule has 0 aliphatic heterocycles. The number of fused-ring (bicyclic) bond motifs is 2. The zero-order valence-corrected chi connectivity index (χ0v) is 17.9. The maximum Gasteiger partial charge on any atom is 0.164 e. The molecular weight excluding hydrogens is 428 g/mol. The first kappa shape index (κ1) is 20.0. The summed E-state index contributed by atoms with van der Waals surface area (Å²) < 4.78 is 5.09. The summed E-state index contributed by atoms with van der Waals surface area (Å²) in [6.45, 7) is 0. The average molecular weight is 448 g/mol. The lowest BCUT2D eigenvalue weighted by Gasteiger charge is -2.17. The first-order valence-electron chi connectivity index (χ1n) is 10.8. The van der Waals surface area contributed by atoms with Gasteiger partial charge in [-0.2, -0.15) is 5.10 Å². The minimum absolute atomic E-state index is 0.535. The van der Waals surface area contributed by atoms with Gasteiger partial charge in [0.2, 0.25) is 0 Å². The van der Waals surface area contributed by atoms with Crippen LogP contribution in [0.2, 0.25) is 0 Å². The van der Waals surface area contributed by atoms with E-state index in [-0.39, 0.29) is 0 Å². The molecule has 6 aromatic rings. The Bertz CT molecular complexity index is 1590. The van der Waals surface area contributed by atoms with Crippen LogP contribution < -0.4 is 10.6 Å². The molecule has 8 heteroatoms. The second kappa shape index (κ2) is 8.34. The van der Waals surface area contributed by atoms with Crippen molar-refractivity contribution >= 4 is 39.0 Å². The van der Waals surface area contributed by atoms with Gasteiger partial charge in [0.25, 0.3) is 0 Å². The molecule has 3 aromatic heterocycles. The summed E-state index contributed by atoms with van der Waals surface area (Å²) in [7, 11) is 0. The predicted octanol–water partition coefficient (Wildman–Crippen LogP) is 5.61. The van der Waals surface area contributed by atoms with Gasteiger partial charge in [0.05, 0.1) is 29.8 Å². The second-order valence-electron chi connectivity index (χ2n) is 7.86. The molecule has 0 amide bonds.